The molecule has 0 aliphatic rings. The summed E-state index contributed by atoms with van der Waals surface area (Å²) in [5.74, 6) is 1.00. The van der Waals surface area contributed by atoms with Gasteiger partial charge in [0.05, 0.1) is 26.4 Å². The summed E-state index contributed by atoms with van der Waals surface area (Å²) in [5, 5.41) is 10.6. The van der Waals surface area contributed by atoms with Crippen molar-refractivity contribution in [3.63, 3.8) is 0 Å². The van der Waals surface area contributed by atoms with Crippen molar-refractivity contribution in [3.8, 4) is 0 Å². The number of phosphoric acid groups is 2. The Morgan fingerprint density at radius 2 is 0.495 bits per heavy atom. The molecule has 5 unspecified atom stereocenters. The molecule has 8 atom stereocenters. The van der Waals surface area contributed by atoms with Crippen molar-refractivity contribution in [2.45, 2.75) is 414 Å². The Hall–Kier alpha value is -1.94. The van der Waals surface area contributed by atoms with Crippen molar-refractivity contribution in [2.75, 3.05) is 39.6 Å². The number of hydrogen-bond donors (Lipinski definition) is 3. The molecule has 0 aromatic heterocycles. The van der Waals surface area contributed by atoms with Crippen molar-refractivity contribution in [1.29, 1.82) is 0 Å². The van der Waals surface area contributed by atoms with Gasteiger partial charge < -0.3 is 33.8 Å². The lowest BCUT2D eigenvalue weighted by Gasteiger charge is -2.21. The van der Waals surface area contributed by atoms with Crippen LogP contribution >= 0.6 is 15.6 Å². The summed E-state index contributed by atoms with van der Waals surface area (Å²) >= 11 is 0. The van der Waals surface area contributed by atoms with Gasteiger partial charge in [-0.15, -0.1) is 0 Å². The van der Waals surface area contributed by atoms with Crippen LogP contribution in [0, 0.1) is 23.7 Å². The zero-order chi connectivity index (χ0) is 71.7. The molecule has 576 valence electrons. The zero-order valence-electron chi connectivity index (χ0n) is 63.7. The lowest BCUT2D eigenvalue weighted by atomic mass is 9.99. The first kappa shape index (κ1) is 95.1. The third kappa shape index (κ3) is 68.3. The first-order valence-electron chi connectivity index (χ1n) is 40.3. The van der Waals surface area contributed by atoms with Crippen molar-refractivity contribution >= 4 is 39.5 Å². The van der Waals surface area contributed by atoms with Crippen LogP contribution in [-0.2, 0) is 65.4 Å². The van der Waals surface area contributed by atoms with E-state index >= 15 is 0 Å². The number of carbonyl (C=O) groups excluding carboxylic acids is 4. The predicted molar refractivity (Wildman–Crippen MR) is 395 cm³/mol. The molecule has 0 aromatic carbocycles. The first-order valence-corrected chi connectivity index (χ1v) is 43.3. The highest BCUT2D eigenvalue weighted by atomic mass is 31.2. The van der Waals surface area contributed by atoms with Crippen LogP contribution in [0.5, 0.6) is 0 Å². The zero-order valence-corrected chi connectivity index (χ0v) is 65.5. The molecular weight excluding hydrogens is 1270 g/mol. The normalized spacial score (nSPS) is 14.9. The Labute approximate surface area is 594 Å². The van der Waals surface area contributed by atoms with Gasteiger partial charge in [0.2, 0.25) is 0 Å². The monoisotopic (exact) mass is 1420 g/mol. The molecule has 0 bridgehead atoms. The second kappa shape index (κ2) is 67.2. The Morgan fingerprint density at radius 3 is 0.732 bits per heavy atom. The summed E-state index contributed by atoms with van der Waals surface area (Å²) in [6.45, 7) is 14.2. The molecule has 3 N–H and O–H groups in total. The Morgan fingerprint density at radius 1 is 0.289 bits per heavy atom. The fraction of sp³-hybridized carbons (Fsp3) is 0.949. The fourth-order valence-corrected chi connectivity index (χ4v) is 13.4. The smallest absolute Gasteiger partial charge is 0.462 e. The quantitative estimate of drug-likeness (QED) is 0.0222. The maximum absolute atomic E-state index is 13.1. The molecule has 0 heterocycles. The van der Waals surface area contributed by atoms with Gasteiger partial charge in [0.15, 0.2) is 12.2 Å². The molecule has 0 radical (unpaired) electrons. The van der Waals surface area contributed by atoms with Crippen molar-refractivity contribution in [3.05, 3.63) is 0 Å². The van der Waals surface area contributed by atoms with Crippen LogP contribution in [0.25, 0.3) is 0 Å². The number of esters is 4. The van der Waals surface area contributed by atoms with E-state index in [1.807, 2.05) is 0 Å². The number of rotatable bonds is 75. The molecule has 0 spiro atoms. The van der Waals surface area contributed by atoms with E-state index in [2.05, 4.69) is 55.4 Å². The number of hydrogen-bond acceptors (Lipinski definition) is 15. The van der Waals surface area contributed by atoms with Crippen molar-refractivity contribution < 1.29 is 80.2 Å². The highest BCUT2D eigenvalue weighted by Crippen LogP contribution is 2.45. The standard InChI is InChI=1S/C78H152O17P2/c1-9-69(6)55-47-39-30-24-20-18-16-14-12-13-15-17-19-21-26-33-42-50-58-75(80)88-64-73(95-78(83)61-53-45-35-29-28-32-41-49-57-71(8)11-3)66-92-96(84,85)90-62-72(79)63-91-97(86,87)93-67-74(65-89-76(81)59-51-43-37-36-38-46-54-68(4)5)94-77(82)60-52-44-34-27-23-22-25-31-40-48-56-70(7)10-2/h68-74,79H,9-67H2,1-8H3,(H,84,85)(H,86,87)/t69?,70?,71?,72-,73-,74-/m1/s1. The molecule has 0 amide bonds. The molecule has 97 heavy (non-hydrogen) atoms. The minimum atomic E-state index is -4.96. The fourth-order valence-electron chi connectivity index (χ4n) is 11.8. The molecule has 0 aromatic rings. The predicted octanol–water partition coefficient (Wildman–Crippen LogP) is 22.8. The topological polar surface area (TPSA) is 237 Å². The lowest BCUT2D eigenvalue weighted by molar-refractivity contribution is -0.161. The van der Waals surface area contributed by atoms with Crippen LogP contribution in [0.4, 0.5) is 0 Å². The summed E-state index contributed by atoms with van der Waals surface area (Å²) in [6.07, 6.45) is 52.9. The number of ether oxygens (including phenoxy) is 4. The minimum absolute atomic E-state index is 0.105. The molecule has 19 heteroatoms. The van der Waals surface area contributed by atoms with Gasteiger partial charge in [-0.3, -0.25) is 37.3 Å². The number of aliphatic hydroxyl groups is 1. The first-order chi connectivity index (χ1) is 46.7. The molecule has 0 fully saturated rings. The Balaban J connectivity index is 5.16. The molecule has 0 aliphatic heterocycles. The van der Waals surface area contributed by atoms with Gasteiger partial charge in [0.25, 0.3) is 0 Å². The average Bonchev–Trinajstić information content (AvgIpc) is 1.68. The van der Waals surface area contributed by atoms with Crippen molar-refractivity contribution in [2.24, 2.45) is 23.7 Å². The van der Waals surface area contributed by atoms with Gasteiger partial charge in [-0.05, 0) is 49.4 Å². The van der Waals surface area contributed by atoms with Gasteiger partial charge >= 0.3 is 39.5 Å². The van der Waals surface area contributed by atoms with E-state index in [9.17, 15) is 43.2 Å². The average molecular weight is 1420 g/mol. The summed E-state index contributed by atoms with van der Waals surface area (Å²) in [4.78, 5) is 72.8. The minimum Gasteiger partial charge on any atom is -0.462 e. The molecule has 0 rings (SSSR count). The number of carbonyl (C=O) groups is 4. The van der Waals surface area contributed by atoms with Gasteiger partial charge in [-0.2, -0.15) is 0 Å². The third-order valence-corrected chi connectivity index (χ3v) is 21.1. The van der Waals surface area contributed by atoms with Crippen LogP contribution in [0.1, 0.15) is 396 Å². The highest BCUT2D eigenvalue weighted by molar-refractivity contribution is 7.47. The SMILES string of the molecule is CCC(C)CCCCCCCCCCCCCCCCCCCCC(=O)OC[C@H](COP(=O)(O)OC[C@@H](O)COP(=O)(O)OC[C@@H](COC(=O)CCCCCCCCC(C)C)OC(=O)CCCCCCCCCCCCC(C)CC)OC(=O)CCCCCCCCCCC(C)CC. The van der Waals surface area contributed by atoms with E-state index in [1.165, 1.54) is 193 Å². The summed E-state index contributed by atoms with van der Waals surface area (Å²) < 4.78 is 68.5. The van der Waals surface area contributed by atoms with Gasteiger partial charge in [-0.25, -0.2) is 9.13 Å². The summed E-state index contributed by atoms with van der Waals surface area (Å²) in [5.41, 5.74) is 0. The number of phosphoric ester groups is 2. The van der Waals surface area contributed by atoms with E-state index < -0.39 is 97.5 Å². The van der Waals surface area contributed by atoms with E-state index in [-0.39, 0.29) is 25.7 Å². The van der Waals surface area contributed by atoms with Gasteiger partial charge in [0.1, 0.15) is 19.3 Å². The van der Waals surface area contributed by atoms with E-state index in [1.54, 1.807) is 0 Å². The molecule has 0 saturated carbocycles. The van der Waals surface area contributed by atoms with Crippen molar-refractivity contribution in [1.82, 2.24) is 0 Å². The lowest BCUT2D eigenvalue weighted by Crippen LogP contribution is -2.30. The van der Waals surface area contributed by atoms with Crippen LogP contribution in [0.2, 0.25) is 0 Å². The van der Waals surface area contributed by atoms with E-state index in [0.29, 0.717) is 31.6 Å². The number of unbranched alkanes of at least 4 members (excludes halogenated alkanes) is 38. The van der Waals surface area contributed by atoms with Gasteiger partial charge in [0, 0.05) is 25.7 Å². The molecule has 17 nitrogen and oxygen atoms in total. The van der Waals surface area contributed by atoms with E-state index in [0.717, 1.165) is 114 Å². The Kier molecular flexibility index (Phi) is 65.9. The largest absolute Gasteiger partial charge is 0.472 e. The van der Waals surface area contributed by atoms with Crippen LogP contribution in [-0.4, -0.2) is 96.7 Å². The molecule has 0 saturated heterocycles. The second-order valence-corrected chi connectivity index (χ2v) is 32.2. The summed E-state index contributed by atoms with van der Waals surface area (Å²) in [6, 6.07) is 0. The number of aliphatic hydroxyl groups excluding tert-OH is 1. The Bertz CT molecular complexity index is 1910. The second-order valence-electron chi connectivity index (χ2n) is 29.3. The summed E-state index contributed by atoms with van der Waals surface area (Å²) in [7, 11) is -9.91. The molecular formula is C78H152O17P2. The highest BCUT2D eigenvalue weighted by Gasteiger charge is 2.30. The van der Waals surface area contributed by atoms with Crippen LogP contribution in [0.15, 0.2) is 0 Å². The van der Waals surface area contributed by atoms with Crippen LogP contribution in [0.3, 0.4) is 0 Å². The van der Waals surface area contributed by atoms with Crippen LogP contribution < -0.4 is 0 Å². The maximum Gasteiger partial charge on any atom is 0.472 e. The van der Waals surface area contributed by atoms with E-state index in [4.69, 9.17) is 37.0 Å². The maximum atomic E-state index is 13.1. The van der Waals surface area contributed by atoms with Gasteiger partial charge in [-0.1, -0.05) is 344 Å². The third-order valence-electron chi connectivity index (χ3n) is 19.2. The molecule has 0 aliphatic carbocycles.